The minimum atomic E-state index is 0.506. The first-order valence-corrected chi connectivity index (χ1v) is 5.40. The summed E-state index contributed by atoms with van der Waals surface area (Å²) in [5.74, 6) is 0.506. The van der Waals surface area contributed by atoms with Gasteiger partial charge in [-0.05, 0) is 24.6 Å². The van der Waals surface area contributed by atoms with E-state index in [-0.39, 0.29) is 0 Å². The van der Waals surface area contributed by atoms with Crippen molar-refractivity contribution in [1.82, 2.24) is 14.8 Å². The average molecular weight is 224 g/mol. The summed E-state index contributed by atoms with van der Waals surface area (Å²) in [5.41, 5.74) is 8.92. The molecule has 0 unspecified atom stereocenters. The number of aryl methyl sites for hydroxylation is 1. The molecule has 2 heterocycles. The van der Waals surface area contributed by atoms with Crippen LogP contribution in [0.5, 0.6) is 0 Å². The predicted octanol–water partition coefficient (Wildman–Crippen LogP) is 2.31. The molecule has 4 nitrogen and oxygen atoms in total. The van der Waals surface area contributed by atoms with Gasteiger partial charge in [-0.1, -0.05) is 12.1 Å². The zero-order valence-electron chi connectivity index (χ0n) is 9.46. The number of nitrogens with zero attached hydrogens (tertiary/aromatic N) is 3. The molecule has 3 aromatic rings. The Hall–Kier alpha value is -2.36. The molecule has 84 valence electrons. The summed E-state index contributed by atoms with van der Waals surface area (Å²) in [5, 5.41) is 5.36. The van der Waals surface area contributed by atoms with E-state index in [4.69, 9.17) is 5.73 Å². The first kappa shape index (κ1) is 9.84. The number of hydrogen-bond donors (Lipinski definition) is 1. The summed E-state index contributed by atoms with van der Waals surface area (Å²) in [6.45, 7) is 2.06. The monoisotopic (exact) mass is 224 g/mol. The predicted molar refractivity (Wildman–Crippen MR) is 68.0 cm³/mol. The summed E-state index contributed by atoms with van der Waals surface area (Å²) in [4.78, 5) is 4.06. The van der Waals surface area contributed by atoms with E-state index < -0.39 is 0 Å². The van der Waals surface area contributed by atoms with Gasteiger partial charge in [0.1, 0.15) is 5.82 Å². The summed E-state index contributed by atoms with van der Waals surface area (Å²) >= 11 is 0. The Labute approximate surface area is 98.7 Å². The fourth-order valence-corrected chi connectivity index (χ4v) is 1.90. The topological polar surface area (TPSA) is 56.7 Å². The Morgan fingerprint density at radius 3 is 2.88 bits per heavy atom. The van der Waals surface area contributed by atoms with Crippen LogP contribution in [0.2, 0.25) is 0 Å². The van der Waals surface area contributed by atoms with Crippen molar-refractivity contribution in [2.24, 2.45) is 0 Å². The zero-order valence-corrected chi connectivity index (χ0v) is 9.46. The van der Waals surface area contributed by atoms with Crippen molar-refractivity contribution in [3.8, 4) is 5.69 Å². The van der Waals surface area contributed by atoms with E-state index in [1.54, 1.807) is 12.4 Å². The molecule has 3 rings (SSSR count). The Bertz CT molecular complexity index is 685. The van der Waals surface area contributed by atoms with Gasteiger partial charge in [0.05, 0.1) is 17.4 Å². The molecule has 0 spiro atoms. The number of fused-ring (bicyclic) bond motifs is 1. The van der Waals surface area contributed by atoms with Crippen LogP contribution in [0.3, 0.4) is 0 Å². The maximum atomic E-state index is 5.71. The van der Waals surface area contributed by atoms with Crippen LogP contribution >= 0.6 is 0 Å². The zero-order chi connectivity index (χ0) is 11.8. The largest absolute Gasteiger partial charge is 0.384 e. The van der Waals surface area contributed by atoms with Gasteiger partial charge in [-0.15, -0.1) is 0 Å². The van der Waals surface area contributed by atoms with Crippen LogP contribution in [0.4, 0.5) is 5.82 Å². The second kappa shape index (κ2) is 3.59. The van der Waals surface area contributed by atoms with E-state index >= 15 is 0 Å². The van der Waals surface area contributed by atoms with E-state index in [1.807, 2.05) is 22.9 Å². The van der Waals surface area contributed by atoms with Crippen LogP contribution in [0.1, 0.15) is 5.56 Å². The van der Waals surface area contributed by atoms with E-state index in [9.17, 15) is 0 Å². The van der Waals surface area contributed by atoms with Gasteiger partial charge in [0.25, 0.3) is 0 Å². The number of hydrogen-bond acceptors (Lipinski definition) is 3. The fourth-order valence-electron chi connectivity index (χ4n) is 1.90. The van der Waals surface area contributed by atoms with Gasteiger partial charge in [0.15, 0.2) is 0 Å². The van der Waals surface area contributed by atoms with Gasteiger partial charge in [0.2, 0.25) is 0 Å². The molecule has 0 radical (unpaired) electrons. The summed E-state index contributed by atoms with van der Waals surface area (Å²) in [6.07, 6.45) is 3.54. The molecule has 0 amide bonds. The van der Waals surface area contributed by atoms with E-state index in [2.05, 4.69) is 29.1 Å². The smallest absolute Gasteiger partial charge is 0.125 e. The van der Waals surface area contributed by atoms with Crippen molar-refractivity contribution in [2.45, 2.75) is 6.92 Å². The van der Waals surface area contributed by atoms with Crippen molar-refractivity contribution in [3.63, 3.8) is 0 Å². The summed E-state index contributed by atoms with van der Waals surface area (Å²) in [6, 6.07) is 10.0. The number of anilines is 1. The lowest BCUT2D eigenvalue weighted by atomic mass is 10.2. The Balaban J connectivity index is 2.27. The number of rotatable bonds is 1. The molecule has 0 aliphatic heterocycles. The molecular weight excluding hydrogens is 212 g/mol. The van der Waals surface area contributed by atoms with Crippen molar-refractivity contribution < 1.29 is 0 Å². The van der Waals surface area contributed by atoms with Gasteiger partial charge in [-0.25, -0.2) is 9.67 Å². The molecule has 0 atom stereocenters. The third-order valence-electron chi connectivity index (χ3n) is 2.72. The van der Waals surface area contributed by atoms with Gasteiger partial charge in [0, 0.05) is 17.6 Å². The number of nitrogen functional groups attached to an aromatic ring is 1. The molecular formula is C13H12N4. The van der Waals surface area contributed by atoms with Crippen molar-refractivity contribution in [2.75, 3.05) is 5.73 Å². The van der Waals surface area contributed by atoms with Gasteiger partial charge in [-0.2, -0.15) is 5.10 Å². The van der Waals surface area contributed by atoms with Gasteiger partial charge >= 0.3 is 0 Å². The lowest BCUT2D eigenvalue weighted by molar-refractivity contribution is 0.909. The summed E-state index contributed by atoms with van der Waals surface area (Å²) < 4.78 is 1.88. The van der Waals surface area contributed by atoms with E-state index in [0.29, 0.717) is 5.82 Å². The third kappa shape index (κ3) is 1.63. The number of pyridine rings is 1. The van der Waals surface area contributed by atoms with Crippen molar-refractivity contribution in [1.29, 1.82) is 0 Å². The highest BCUT2D eigenvalue weighted by molar-refractivity contribution is 5.81. The number of benzene rings is 1. The van der Waals surface area contributed by atoms with Gasteiger partial charge < -0.3 is 5.73 Å². The Kier molecular flexibility index (Phi) is 2.08. The van der Waals surface area contributed by atoms with E-state index in [0.717, 1.165) is 16.6 Å². The molecule has 2 aromatic heterocycles. The minimum absolute atomic E-state index is 0.506. The second-order valence-corrected chi connectivity index (χ2v) is 4.06. The molecule has 0 saturated heterocycles. The third-order valence-corrected chi connectivity index (χ3v) is 2.72. The highest BCUT2D eigenvalue weighted by Gasteiger charge is 2.05. The van der Waals surface area contributed by atoms with Crippen LogP contribution < -0.4 is 5.73 Å². The first-order valence-electron chi connectivity index (χ1n) is 5.40. The van der Waals surface area contributed by atoms with Crippen molar-refractivity contribution >= 4 is 16.7 Å². The molecule has 4 heteroatoms. The standard InChI is InChI=1S/C13H12N4/c1-9-3-2-4-11(5-9)17-12-6-13(14)15-7-10(12)8-16-17/h2-8H,1H3,(H2,14,15). The minimum Gasteiger partial charge on any atom is -0.384 e. The van der Waals surface area contributed by atoms with Crippen LogP contribution in [0.25, 0.3) is 16.6 Å². The molecule has 0 bridgehead atoms. The maximum Gasteiger partial charge on any atom is 0.125 e. The fraction of sp³-hybridized carbons (Fsp3) is 0.0769. The Morgan fingerprint density at radius 2 is 2.06 bits per heavy atom. The molecule has 0 aliphatic rings. The van der Waals surface area contributed by atoms with Crippen LogP contribution in [-0.2, 0) is 0 Å². The first-order chi connectivity index (χ1) is 8.24. The average Bonchev–Trinajstić information content (AvgIpc) is 2.71. The lowest BCUT2D eigenvalue weighted by Gasteiger charge is -2.04. The van der Waals surface area contributed by atoms with Crippen LogP contribution in [-0.4, -0.2) is 14.8 Å². The molecule has 17 heavy (non-hydrogen) atoms. The SMILES string of the molecule is Cc1cccc(-n2ncc3cnc(N)cc32)c1. The quantitative estimate of drug-likeness (QED) is 0.690. The normalized spacial score (nSPS) is 10.9. The lowest BCUT2D eigenvalue weighted by Crippen LogP contribution is -1.97. The molecule has 0 fully saturated rings. The molecule has 2 N–H and O–H groups in total. The number of aromatic nitrogens is 3. The number of nitrogens with two attached hydrogens (primary N) is 1. The van der Waals surface area contributed by atoms with Gasteiger partial charge in [-0.3, -0.25) is 0 Å². The molecule has 0 saturated carbocycles. The second-order valence-electron chi connectivity index (χ2n) is 4.06. The summed E-state index contributed by atoms with van der Waals surface area (Å²) in [7, 11) is 0. The molecule has 1 aromatic carbocycles. The highest BCUT2D eigenvalue weighted by Crippen LogP contribution is 2.19. The van der Waals surface area contributed by atoms with Crippen LogP contribution in [0, 0.1) is 6.92 Å². The molecule has 0 aliphatic carbocycles. The Morgan fingerprint density at radius 1 is 1.18 bits per heavy atom. The van der Waals surface area contributed by atoms with Crippen LogP contribution in [0.15, 0.2) is 42.7 Å². The maximum absolute atomic E-state index is 5.71. The van der Waals surface area contributed by atoms with E-state index in [1.165, 1.54) is 5.56 Å². The highest BCUT2D eigenvalue weighted by atomic mass is 15.3. The van der Waals surface area contributed by atoms with Crippen molar-refractivity contribution in [3.05, 3.63) is 48.3 Å².